The third kappa shape index (κ3) is 5.05. The highest BCUT2D eigenvalue weighted by molar-refractivity contribution is 6.30. The highest BCUT2D eigenvalue weighted by Gasteiger charge is 2.10. The zero-order valence-corrected chi connectivity index (χ0v) is 15.7. The van der Waals surface area contributed by atoms with Crippen molar-refractivity contribution in [2.24, 2.45) is 0 Å². The summed E-state index contributed by atoms with van der Waals surface area (Å²) in [5, 5.41) is 5.93. The number of rotatable bonds is 5. The molecule has 0 unspecified atom stereocenters. The van der Waals surface area contributed by atoms with Crippen molar-refractivity contribution in [3.63, 3.8) is 0 Å². The number of aromatic amines is 1. The molecule has 0 saturated carbocycles. The van der Waals surface area contributed by atoms with Crippen LogP contribution in [0.3, 0.4) is 0 Å². The maximum absolute atomic E-state index is 12.3. The number of hydrogen-bond acceptors (Lipinski definition) is 4. The second-order valence-corrected chi connectivity index (χ2v) is 6.51. The van der Waals surface area contributed by atoms with Crippen LogP contribution in [0.25, 0.3) is 11.4 Å². The third-order valence-corrected chi connectivity index (χ3v) is 4.08. The molecule has 0 bridgehead atoms. The Labute approximate surface area is 165 Å². The molecule has 0 aliphatic rings. The van der Waals surface area contributed by atoms with E-state index in [0.717, 1.165) is 5.56 Å². The number of carbonyl (C=O) groups excluding carboxylic acids is 2. The van der Waals surface area contributed by atoms with E-state index in [2.05, 4.69) is 20.6 Å². The van der Waals surface area contributed by atoms with Crippen molar-refractivity contribution >= 4 is 34.8 Å². The standard InChI is InChI=1S/C20H17ClN4O3/c1-12(26)23-16-6-8-17(9-7-16)24-18(27)10-14-11-22-19(25-20(14)28)13-2-4-15(21)5-3-13/h2-9,11H,10H2,1H3,(H,23,26)(H,24,27)(H,22,25,28). The minimum Gasteiger partial charge on any atom is -0.326 e. The second-order valence-electron chi connectivity index (χ2n) is 6.08. The summed E-state index contributed by atoms with van der Waals surface area (Å²) in [6.07, 6.45) is 1.28. The van der Waals surface area contributed by atoms with Gasteiger partial charge >= 0.3 is 0 Å². The number of anilines is 2. The Bertz CT molecular complexity index is 1060. The van der Waals surface area contributed by atoms with Gasteiger partial charge in [0.15, 0.2) is 0 Å². The molecule has 28 heavy (non-hydrogen) atoms. The zero-order valence-electron chi connectivity index (χ0n) is 15.0. The largest absolute Gasteiger partial charge is 0.326 e. The van der Waals surface area contributed by atoms with Crippen LogP contribution in [0.15, 0.2) is 59.5 Å². The first-order valence-electron chi connectivity index (χ1n) is 8.42. The number of amides is 2. The van der Waals surface area contributed by atoms with Gasteiger partial charge in [-0.3, -0.25) is 14.4 Å². The van der Waals surface area contributed by atoms with Gasteiger partial charge in [0.25, 0.3) is 5.56 Å². The number of benzene rings is 2. The molecule has 3 N–H and O–H groups in total. The van der Waals surface area contributed by atoms with Crippen molar-refractivity contribution in [1.29, 1.82) is 0 Å². The minimum absolute atomic E-state index is 0.114. The van der Waals surface area contributed by atoms with Crippen LogP contribution >= 0.6 is 11.6 Å². The Morgan fingerprint density at radius 1 is 1.00 bits per heavy atom. The third-order valence-electron chi connectivity index (χ3n) is 3.83. The number of hydrogen-bond donors (Lipinski definition) is 3. The molecule has 0 saturated heterocycles. The molecule has 8 heteroatoms. The summed E-state index contributed by atoms with van der Waals surface area (Å²) < 4.78 is 0. The van der Waals surface area contributed by atoms with Gasteiger partial charge in [-0.1, -0.05) is 11.6 Å². The fraction of sp³-hybridized carbons (Fsp3) is 0.100. The molecule has 2 aromatic carbocycles. The molecule has 7 nitrogen and oxygen atoms in total. The van der Waals surface area contributed by atoms with Crippen LogP contribution in [0.1, 0.15) is 12.5 Å². The van der Waals surface area contributed by atoms with Crippen molar-refractivity contribution < 1.29 is 9.59 Å². The summed E-state index contributed by atoms with van der Waals surface area (Å²) in [5.41, 5.74) is 1.78. The first kappa shape index (κ1) is 19.3. The van der Waals surface area contributed by atoms with E-state index in [1.807, 2.05) is 0 Å². The second kappa shape index (κ2) is 8.49. The Morgan fingerprint density at radius 3 is 2.18 bits per heavy atom. The van der Waals surface area contributed by atoms with Gasteiger partial charge in [0.2, 0.25) is 11.8 Å². The number of carbonyl (C=O) groups is 2. The molecule has 2 amide bonds. The van der Waals surface area contributed by atoms with Gasteiger partial charge < -0.3 is 15.6 Å². The smallest absolute Gasteiger partial charge is 0.254 e. The fourth-order valence-electron chi connectivity index (χ4n) is 2.52. The average molecular weight is 397 g/mol. The Kier molecular flexibility index (Phi) is 5.86. The van der Waals surface area contributed by atoms with Crippen molar-refractivity contribution in [2.45, 2.75) is 13.3 Å². The van der Waals surface area contributed by atoms with Crippen LogP contribution in [-0.4, -0.2) is 21.8 Å². The normalized spacial score (nSPS) is 10.4. The molecule has 3 rings (SSSR count). The molecule has 0 spiro atoms. The fourth-order valence-corrected chi connectivity index (χ4v) is 2.65. The van der Waals surface area contributed by atoms with Crippen molar-refractivity contribution in [3.8, 4) is 11.4 Å². The van der Waals surface area contributed by atoms with Gasteiger partial charge in [0, 0.05) is 40.6 Å². The van der Waals surface area contributed by atoms with Crippen LogP contribution < -0.4 is 16.2 Å². The summed E-state index contributed by atoms with van der Waals surface area (Å²) in [7, 11) is 0. The van der Waals surface area contributed by atoms with E-state index in [4.69, 9.17) is 11.6 Å². The van der Waals surface area contributed by atoms with E-state index >= 15 is 0 Å². The predicted octanol–water partition coefficient (Wildman–Crippen LogP) is 3.23. The Hall–Kier alpha value is -3.45. The zero-order chi connectivity index (χ0) is 20.1. The monoisotopic (exact) mass is 396 g/mol. The Balaban J connectivity index is 1.66. The summed E-state index contributed by atoms with van der Waals surface area (Å²) in [6, 6.07) is 13.6. The number of H-pyrrole nitrogens is 1. The van der Waals surface area contributed by atoms with Crippen molar-refractivity contribution in [1.82, 2.24) is 9.97 Å². The molecular formula is C20H17ClN4O3. The van der Waals surface area contributed by atoms with Gasteiger partial charge in [-0.25, -0.2) is 4.98 Å². The summed E-state index contributed by atoms with van der Waals surface area (Å²) >= 11 is 5.85. The van der Waals surface area contributed by atoms with E-state index in [1.54, 1.807) is 48.5 Å². The average Bonchev–Trinajstić information content (AvgIpc) is 2.65. The molecule has 0 aliphatic heterocycles. The number of halogens is 1. The molecule has 0 radical (unpaired) electrons. The first-order chi connectivity index (χ1) is 13.4. The van der Waals surface area contributed by atoms with Gasteiger partial charge in [-0.05, 0) is 48.5 Å². The van der Waals surface area contributed by atoms with Crippen LogP contribution in [0.2, 0.25) is 5.02 Å². The lowest BCUT2D eigenvalue weighted by Crippen LogP contribution is -2.22. The van der Waals surface area contributed by atoms with Crippen LogP contribution in [0.4, 0.5) is 11.4 Å². The number of nitrogens with one attached hydrogen (secondary N) is 3. The van der Waals surface area contributed by atoms with Crippen LogP contribution in [0, 0.1) is 0 Å². The maximum Gasteiger partial charge on any atom is 0.254 e. The quantitative estimate of drug-likeness (QED) is 0.615. The molecular weight excluding hydrogens is 380 g/mol. The highest BCUT2D eigenvalue weighted by Crippen LogP contribution is 2.17. The van der Waals surface area contributed by atoms with Gasteiger partial charge in [0.05, 0.1) is 6.42 Å². The molecule has 1 aromatic heterocycles. The predicted molar refractivity (Wildman–Crippen MR) is 108 cm³/mol. The first-order valence-corrected chi connectivity index (χ1v) is 8.80. The number of nitrogens with zero attached hydrogens (tertiary/aromatic N) is 1. The van der Waals surface area contributed by atoms with E-state index in [-0.39, 0.29) is 29.4 Å². The maximum atomic E-state index is 12.3. The van der Waals surface area contributed by atoms with Crippen molar-refractivity contribution in [3.05, 3.63) is 75.7 Å². The van der Waals surface area contributed by atoms with E-state index in [1.165, 1.54) is 13.1 Å². The van der Waals surface area contributed by atoms with E-state index in [0.29, 0.717) is 22.2 Å². The van der Waals surface area contributed by atoms with Crippen LogP contribution in [-0.2, 0) is 16.0 Å². The molecule has 3 aromatic rings. The number of aromatic nitrogens is 2. The summed E-state index contributed by atoms with van der Waals surface area (Å²) in [5.74, 6) is -0.122. The molecule has 0 fully saturated rings. The van der Waals surface area contributed by atoms with Gasteiger partial charge in [0.1, 0.15) is 5.82 Å². The van der Waals surface area contributed by atoms with Gasteiger partial charge in [-0.2, -0.15) is 0 Å². The lowest BCUT2D eigenvalue weighted by Gasteiger charge is -2.07. The molecule has 142 valence electrons. The summed E-state index contributed by atoms with van der Waals surface area (Å²) in [4.78, 5) is 42.4. The molecule has 1 heterocycles. The SMILES string of the molecule is CC(=O)Nc1ccc(NC(=O)Cc2cnc(-c3ccc(Cl)cc3)[nH]c2=O)cc1. The van der Waals surface area contributed by atoms with Gasteiger partial charge in [-0.15, -0.1) is 0 Å². The van der Waals surface area contributed by atoms with E-state index < -0.39 is 0 Å². The lowest BCUT2D eigenvalue weighted by atomic mass is 10.2. The van der Waals surface area contributed by atoms with Crippen molar-refractivity contribution in [2.75, 3.05) is 10.6 Å². The topological polar surface area (TPSA) is 104 Å². The highest BCUT2D eigenvalue weighted by atomic mass is 35.5. The summed E-state index contributed by atoms with van der Waals surface area (Å²) in [6.45, 7) is 1.42. The Morgan fingerprint density at radius 2 is 1.61 bits per heavy atom. The van der Waals surface area contributed by atoms with E-state index in [9.17, 15) is 14.4 Å². The minimum atomic E-state index is -0.379. The van der Waals surface area contributed by atoms with Crippen LogP contribution in [0.5, 0.6) is 0 Å². The molecule has 0 atom stereocenters. The lowest BCUT2D eigenvalue weighted by molar-refractivity contribution is -0.116. The molecule has 0 aliphatic carbocycles.